The highest BCUT2D eigenvalue weighted by Gasteiger charge is 2.39. The number of fused-ring (bicyclic) bond motifs is 1. The van der Waals surface area contributed by atoms with Crippen molar-refractivity contribution in [1.82, 2.24) is 10.4 Å². The van der Waals surface area contributed by atoms with Crippen LogP contribution in [-0.2, 0) is 11.2 Å². The Kier molecular flexibility index (Phi) is 4.25. The molecule has 1 aliphatic carbocycles. The molecule has 0 fully saturated rings. The zero-order valence-corrected chi connectivity index (χ0v) is 14.9. The number of aryl methyl sites for hydroxylation is 2. The summed E-state index contributed by atoms with van der Waals surface area (Å²) in [7, 11) is 0. The Hall–Kier alpha value is -2.82. The van der Waals surface area contributed by atoms with Crippen molar-refractivity contribution in [1.29, 1.82) is 0 Å². The van der Waals surface area contributed by atoms with E-state index in [0.717, 1.165) is 22.3 Å². The summed E-state index contributed by atoms with van der Waals surface area (Å²) in [5.74, 6) is -0.417. The van der Waals surface area contributed by atoms with Gasteiger partial charge in [0.25, 0.3) is 5.91 Å². The number of pyridine rings is 1. The highest BCUT2D eigenvalue weighted by molar-refractivity contribution is 6.49. The minimum Gasteiger partial charge on any atom is -0.292 e. The average Bonchev–Trinajstić information content (AvgIpc) is 2.55. The van der Waals surface area contributed by atoms with E-state index in [0.29, 0.717) is 17.7 Å². The molecule has 1 N–H and O–H groups in total. The Morgan fingerprint density at radius 3 is 2.56 bits per heavy atom. The largest absolute Gasteiger partial charge is 0.292 e. The highest BCUT2D eigenvalue weighted by Crippen LogP contribution is 2.34. The number of nitrogens with one attached hydrogen (secondary N) is 1. The predicted molar refractivity (Wildman–Crippen MR) is 96.6 cm³/mol. The molecule has 25 heavy (non-hydrogen) atoms. The van der Waals surface area contributed by atoms with E-state index in [-0.39, 0.29) is 11.7 Å². The van der Waals surface area contributed by atoms with E-state index in [1.165, 1.54) is 0 Å². The summed E-state index contributed by atoms with van der Waals surface area (Å²) in [5, 5.41) is 4.22. The number of carbonyl (C=O) groups excluding carboxylic acids is 2. The van der Waals surface area contributed by atoms with Gasteiger partial charge in [-0.25, -0.2) is 5.43 Å². The van der Waals surface area contributed by atoms with Crippen LogP contribution in [0.3, 0.4) is 0 Å². The SMILES string of the molecule is Cc1cc(C)c2c(c1)CC(C)(C)C(=O)/C2=N\NC(=O)c1ccncc1. The minimum absolute atomic E-state index is 0.0537. The Bertz CT molecular complexity index is 883. The van der Waals surface area contributed by atoms with Gasteiger partial charge in [0, 0.05) is 28.9 Å². The number of benzene rings is 1. The molecular weight excluding hydrogens is 314 g/mol. The number of amides is 1. The fraction of sp³-hybridized carbons (Fsp3) is 0.300. The molecule has 1 aromatic carbocycles. The third-order valence-electron chi connectivity index (χ3n) is 4.47. The van der Waals surface area contributed by atoms with Crippen molar-refractivity contribution in [3.05, 3.63) is 64.5 Å². The van der Waals surface area contributed by atoms with Gasteiger partial charge in [-0.05, 0) is 43.5 Å². The van der Waals surface area contributed by atoms with Crippen molar-refractivity contribution in [3.63, 3.8) is 0 Å². The molecule has 0 aliphatic heterocycles. The van der Waals surface area contributed by atoms with E-state index in [4.69, 9.17) is 0 Å². The number of aromatic nitrogens is 1. The highest BCUT2D eigenvalue weighted by atomic mass is 16.2. The van der Waals surface area contributed by atoms with Gasteiger partial charge < -0.3 is 0 Å². The Morgan fingerprint density at radius 2 is 1.88 bits per heavy atom. The molecule has 0 atom stereocenters. The van der Waals surface area contributed by atoms with Crippen molar-refractivity contribution in [2.75, 3.05) is 0 Å². The summed E-state index contributed by atoms with van der Waals surface area (Å²) >= 11 is 0. The normalized spacial score (nSPS) is 17.3. The van der Waals surface area contributed by atoms with Gasteiger partial charge in [-0.15, -0.1) is 0 Å². The molecule has 1 amide bonds. The topological polar surface area (TPSA) is 71.4 Å². The van der Waals surface area contributed by atoms with E-state index in [9.17, 15) is 9.59 Å². The molecule has 0 bridgehead atoms. The number of Topliss-reactive ketones (excluding diaryl/α,β-unsaturated/α-hetero) is 1. The van der Waals surface area contributed by atoms with Gasteiger partial charge in [0.05, 0.1) is 0 Å². The van der Waals surface area contributed by atoms with Crippen LogP contribution >= 0.6 is 0 Å². The van der Waals surface area contributed by atoms with Crippen LogP contribution < -0.4 is 5.43 Å². The lowest BCUT2D eigenvalue weighted by Gasteiger charge is -2.31. The quantitative estimate of drug-likeness (QED) is 0.858. The zero-order chi connectivity index (χ0) is 18.2. The molecule has 0 spiro atoms. The first-order valence-corrected chi connectivity index (χ1v) is 8.23. The molecule has 0 saturated heterocycles. The summed E-state index contributed by atoms with van der Waals surface area (Å²) in [6.07, 6.45) is 3.75. The Labute approximate surface area is 147 Å². The maximum atomic E-state index is 12.9. The third kappa shape index (κ3) is 3.22. The average molecular weight is 335 g/mol. The lowest BCUT2D eigenvalue weighted by Crippen LogP contribution is -2.40. The van der Waals surface area contributed by atoms with Crippen LogP contribution in [0, 0.1) is 19.3 Å². The number of ketones is 1. The van der Waals surface area contributed by atoms with Gasteiger partial charge in [-0.1, -0.05) is 31.5 Å². The van der Waals surface area contributed by atoms with Crippen molar-refractivity contribution in [2.45, 2.75) is 34.1 Å². The van der Waals surface area contributed by atoms with E-state index in [1.54, 1.807) is 24.5 Å². The van der Waals surface area contributed by atoms with Gasteiger partial charge >= 0.3 is 0 Å². The number of hydrogen-bond donors (Lipinski definition) is 1. The molecule has 1 aromatic heterocycles. The molecule has 5 heteroatoms. The summed E-state index contributed by atoms with van der Waals surface area (Å²) in [4.78, 5) is 29.0. The summed E-state index contributed by atoms with van der Waals surface area (Å²) < 4.78 is 0. The smallest absolute Gasteiger partial charge is 0.271 e. The molecule has 1 aliphatic rings. The lowest BCUT2D eigenvalue weighted by molar-refractivity contribution is -0.120. The summed E-state index contributed by atoms with van der Waals surface area (Å²) in [5.41, 5.74) is 6.83. The van der Waals surface area contributed by atoms with Crippen LogP contribution in [0.5, 0.6) is 0 Å². The lowest BCUT2D eigenvalue weighted by atomic mass is 9.71. The van der Waals surface area contributed by atoms with Crippen molar-refractivity contribution < 1.29 is 9.59 Å². The minimum atomic E-state index is -0.548. The number of hydrogen-bond acceptors (Lipinski definition) is 4. The first-order valence-electron chi connectivity index (χ1n) is 8.23. The second kappa shape index (κ2) is 6.24. The van der Waals surface area contributed by atoms with Crippen LogP contribution in [0.1, 0.15) is 46.5 Å². The zero-order valence-electron chi connectivity index (χ0n) is 14.9. The van der Waals surface area contributed by atoms with E-state index < -0.39 is 5.41 Å². The molecule has 2 aromatic rings. The van der Waals surface area contributed by atoms with Gasteiger partial charge in [0.2, 0.25) is 0 Å². The van der Waals surface area contributed by atoms with Gasteiger partial charge in [0.15, 0.2) is 5.78 Å². The molecular formula is C20H21N3O2. The number of rotatable bonds is 2. The Morgan fingerprint density at radius 1 is 1.20 bits per heavy atom. The maximum Gasteiger partial charge on any atom is 0.271 e. The second-order valence-corrected chi connectivity index (χ2v) is 7.14. The molecule has 3 rings (SSSR count). The standard InChI is InChI=1S/C20H21N3O2/c1-12-9-13(2)16-15(10-12)11-20(3,4)18(24)17(16)22-23-19(25)14-5-7-21-8-6-14/h5-10H,11H2,1-4H3,(H,23,25)/b22-17-. The fourth-order valence-corrected chi connectivity index (χ4v) is 3.31. The van der Waals surface area contributed by atoms with Crippen LogP contribution in [-0.4, -0.2) is 22.4 Å². The summed E-state index contributed by atoms with van der Waals surface area (Å²) in [6, 6.07) is 7.33. The molecule has 128 valence electrons. The molecule has 1 heterocycles. The number of carbonyl (C=O) groups is 2. The Balaban J connectivity index is 2.03. The second-order valence-electron chi connectivity index (χ2n) is 7.14. The first-order chi connectivity index (χ1) is 11.8. The number of hydrazone groups is 1. The predicted octanol–water partition coefficient (Wildman–Crippen LogP) is 2.98. The van der Waals surface area contributed by atoms with Gasteiger partial charge in [-0.2, -0.15) is 5.10 Å². The summed E-state index contributed by atoms with van der Waals surface area (Å²) in [6.45, 7) is 7.84. The molecule has 0 saturated carbocycles. The van der Waals surface area contributed by atoms with E-state index >= 15 is 0 Å². The van der Waals surface area contributed by atoms with Crippen LogP contribution in [0.15, 0.2) is 41.8 Å². The molecule has 5 nitrogen and oxygen atoms in total. The van der Waals surface area contributed by atoms with Crippen LogP contribution in [0.2, 0.25) is 0 Å². The maximum absolute atomic E-state index is 12.9. The fourth-order valence-electron chi connectivity index (χ4n) is 3.31. The van der Waals surface area contributed by atoms with Crippen LogP contribution in [0.4, 0.5) is 0 Å². The molecule has 0 unspecified atom stereocenters. The van der Waals surface area contributed by atoms with Crippen molar-refractivity contribution in [2.24, 2.45) is 10.5 Å². The van der Waals surface area contributed by atoms with Gasteiger partial charge in [-0.3, -0.25) is 14.6 Å². The van der Waals surface area contributed by atoms with Crippen LogP contribution in [0.25, 0.3) is 0 Å². The van der Waals surface area contributed by atoms with Crippen molar-refractivity contribution in [3.8, 4) is 0 Å². The van der Waals surface area contributed by atoms with E-state index in [2.05, 4.69) is 21.6 Å². The van der Waals surface area contributed by atoms with Gasteiger partial charge in [0.1, 0.15) is 5.71 Å². The van der Waals surface area contributed by atoms with Crippen molar-refractivity contribution >= 4 is 17.4 Å². The first kappa shape index (κ1) is 17.0. The number of nitrogens with zero attached hydrogens (tertiary/aromatic N) is 2. The third-order valence-corrected chi connectivity index (χ3v) is 4.47. The van der Waals surface area contributed by atoms with E-state index in [1.807, 2.05) is 33.8 Å². The molecule has 0 radical (unpaired) electrons. The monoisotopic (exact) mass is 335 g/mol.